The van der Waals surface area contributed by atoms with Crippen LogP contribution in [0.3, 0.4) is 0 Å². The molecule has 0 aromatic heterocycles. The predicted octanol–water partition coefficient (Wildman–Crippen LogP) is 3.12. The first-order chi connectivity index (χ1) is 12.4. The summed E-state index contributed by atoms with van der Waals surface area (Å²) in [6, 6.07) is 6.68. The number of amides is 3. The van der Waals surface area contributed by atoms with Crippen LogP contribution in [0.25, 0.3) is 0 Å². The summed E-state index contributed by atoms with van der Waals surface area (Å²) in [6.07, 6.45) is 0. The average molecular weight is 367 g/mol. The van der Waals surface area contributed by atoms with Crippen molar-refractivity contribution in [2.45, 2.75) is 0 Å². The van der Waals surface area contributed by atoms with Crippen molar-refractivity contribution in [3.63, 3.8) is 0 Å². The van der Waals surface area contributed by atoms with Gasteiger partial charge in [0.1, 0.15) is 12.4 Å². The topological polar surface area (TPSA) is 52.7 Å². The largest absolute Gasteiger partial charge is 0.325 e. The molecule has 1 fully saturated rings. The Labute approximate surface area is 145 Å². The van der Waals surface area contributed by atoms with E-state index in [4.69, 9.17) is 0 Å². The molecular weight excluding hydrogens is 354 g/mol. The Morgan fingerprint density at radius 2 is 1.69 bits per heavy atom. The van der Waals surface area contributed by atoms with Gasteiger partial charge in [0.25, 0.3) is 0 Å². The van der Waals surface area contributed by atoms with Crippen LogP contribution in [-0.4, -0.2) is 36.5 Å². The van der Waals surface area contributed by atoms with E-state index in [0.29, 0.717) is 6.07 Å². The van der Waals surface area contributed by atoms with E-state index in [0.717, 1.165) is 11.0 Å². The first kappa shape index (κ1) is 17.7. The fourth-order valence-electron chi connectivity index (χ4n) is 2.61. The molecule has 26 heavy (non-hydrogen) atoms. The van der Waals surface area contributed by atoms with E-state index < -0.39 is 47.4 Å². The van der Waals surface area contributed by atoms with E-state index in [-0.39, 0.29) is 18.8 Å². The number of hydrogen-bond acceptors (Lipinski definition) is 2. The molecule has 0 atom stereocenters. The fraction of sp³-hybridized carbons (Fsp3) is 0.176. The minimum Gasteiger partial charge on any atom is -0.322 e. The standard InChI is InChI=1S/C17H13F4N3O2/c18-10-3-1-2-4-13(10)24-8-7-23(17(24)26)9-14(25)22-12-6-5-11(19)15(20)16(12)21/h1-6H,7-9H2,(H,22,25). The number of carbonyl (C=O) groups is 2. The fourth-order valence-corrected chi connectivity index (χ4v) is 2.61. The first-order valence-corrected chi connectivity index (χ1v) is 7.63. The SMILES string of the molecule is O=C(CN1CCN(c2ccccc2F)C1=O)Nc1ccc(F)c(F)c1F. The molecule has 0 aliphatic carbocycles. The molecule has 5 nitrogen and oxygen atoms in total. The lowest BCUT2D eigenvalue weighted by Gasteiger charge is -2.19. The van der Waals surface area contributed by atoms with Crippen LogP contribution in [-0.2, 0) is 4.79 Å². The van der Waals surface area contributed by atoms with Crippen LogP contribution in [0, 0.1) is 23.3 Å². The number of urea groups is 1. The van der Waals surface area contributed by atoms with Crippen molar-refractivity contribution in [1.29, 1.82) is 0 Å². The zero-order valence-corrected chi connectivity index (χ0v) is 13.3. The number of hydrogen-bond donors (Lipinski definition) is 1. The Morgan fingerprint density at radius 3 is 2.42 bits per heavy atom. The lowest BCUT2D eigenvalue weighted by molar-refractivity contribution is -0.116. The van der Waals surface area contributed by atoms with E-state index in [2.05, 4.69) is 5.32 Å². The van der Waals surface area contributed by atoms with Gasteiger partial charge in [-0.15, -0.1) is 0 Å². The lowest BCUT2D eigenvalue weighted by atomic mass is 10.2. The van der Waals surface area contributed by atoms with Gasteiger partial charge in [0.05, 0.1) is 11.4 Å². The second-order valence-corrected chi connectivity index (χ2v) is 5.58. The van der Waals surface area contributed by atoms with Gasteiger partial charge in [0, 0.05) is 13.1 Å². The Bertz CT molecular complexity index is 875. The summed E-state index contributed by atoms with van der Waals surface area (Å²) < 4.78 is 53.5. The number of nitrogens with zero attached hydrogens (tertiary/aromatic N) is 2. The molecule has 2 aromatic carbocycles. The van der Waals surface area contributed by atoms with Crippen LogP contribution in [0.4, 0.5) is 33.7 Å². The van der Waals surface area contributed by atoms with Gasteiger partial charge in [-0.3, -0.25) is 9.69 Å². The number of halogens is 4. The monoisotopic (exact) mass is 367 g/mol. The minimum absolute atomic E-state index is 0.0899. The smallest absolute Gasteiger partial charge is 0.322 e. The van der Waals surface area contributed by atoms with Gasteiger partial charge in [0.2, 0.25) is 5.91 Å². The molecular formula is C17H13F4N3O2. The highest BCUT2D eigenvalue weighted by Crippen LogP contribution is 2.24. The van der Waals surface area contributed by atoms with E-state index in [1.54, 1.807) is 6.07 Å². The van der Waals surface area contributed by atoms with Crippen molar-refractivity contribution >= 4 is 23.3 Å². The molecule has 9 heteroatoms. The third-order valence-electron chi connectivity index (χ3n) is 3.88. The summed E-state index contributed by atoms with van der Waals surface area (Å²) >= 11 is 0. The number of rotatable bonds is 4. The van der Waals surface area contributed by atoms with Crippen LogP contribution in [0.5, 0.6) is 0 Å². The van der Waals surface area contributed by atoms with Gasteiger partial charge < -0.3 is 10.2 Å². The third-order valence-corrected chi connectivity index (χ3v) is 3.88. The van der Waals surface area contributed by atoms with Gasteiger partial charge in [0.15, 0.2) is 17.5 Å². The maximum absolute atomic E-state index is 13.8. The highest BCUT2D eigenvalue weighted by atomic mass is 19.2. The summed E-state index contributed by atoms with van der Waals surface area (Å²) in [5, 5.41) is 2.08. The predicted molar refractivity (Wildman–Crippen MR) is 85.7 cm³/mol. The summed E-state index contributed by atoms with van der Waals surface area (Å²) in [5.41, 5.74) is -0.446. The summed E-state index contributed by atoms with van der Waals surface area (Å²) in [6.45, 7) is -0.115. The van der Waals surface area contributed by atoms with Crippen LogP contribution >= 0.6 is 0 Å². The Hall–Kier alpha value is -3.10. The first-order valence-electron chi connectivity index (χ1n) is 7.63. The molecule has 1 N–H and O–H groups in total. The lowest BCUT2D eigenvalue weighted by Crippen LogP contribution is -2.37. The molecule has 1 aliphatic heterocycles. The Balaban J connectivity index is 1.67. The van der Waals surface area contributed by atoms with Crippen molar-refractivity contribution < 1.29 is 27.2 Å². The summed E-state index contributed by atoms with van der Waals surface area (Å²) in [7, 11) is 0. The molecule has 136 valence electrons. The second-order valence-electron chi connectivity index (χ2n) is 5.58. The van der Waals surface area contributed by atoms with Crippen molar-refractivity contribution in [2.75, 3.05) is 29.9 Å². The maximum Gasteiger partial charge on any atom is 0.325 e. The average Bonchev–Trinajstić information content (AvgIpc) is 2.96. The van der Waals surface area contributed by atoms with Crippen LogP contribution in [0.1, 0.15) is 0 Å². The quantitative estimate of drug-likeness (QED) is 0.667. The van der Waals surface area contributed by atoms with Gasteiger partial charge >= 0.3 is 6.03 Å². The van der Waals surface area contributed by atoms with Crippen molar-refractivity contribution in [1.82, 2.24) is 4.90 Å². The van der Waals surface area contributed by atoms with Gasteiger partial charge in [-0.1, -0.05) is 12.1 Å². The molecule has 1 saturated heterocycles. The molecule has 0 unspecified atom stereocenters. The van der Waals surface area contributed by atoms with Crippen LogP contribution in [0.15, 0.2) is 36.4 Å². The number of nitrogens with one attached hydrogen (secondary N) is 1. The maximum atomic E-state index is 13.8. The van der Waals surface area contributed by atoms with Gasteiger partial charge in [-0.2, -0.15) is 0 Å². The number of benzene rings is 2. The zero-order valence-electron chi connectivity index (χ0n) is 13.3. The van der Waals surface area contributed by atoms with Crippen molar-refractivity contribution in [3.05, 3.63) is 59.7 Å². The Morgan fingerprint density at radius 1 is 0.962 bits per heavy atom. The molecule has 1 aliphatic rings. The zero-order chi connectivity index (χ0) is 18.8. The highest BCUT2D eigenvalue weighted by molar-refractivity contribution is 5.99. The van der Waals surface area contributed by atoms with E-state index in [9.17, 15) is 27.2 Å². The minimum atomic E-state index is -1.70. The normalized spacial score (nSPS) is 14.1. The summed E-state index contributed by atoms with van der Waals surface area (Å²) in [4.78, 5) is 26.6. The Kier molecular flexibility index (Phi) is 4.79. The molecule has 0 radical (unpaired) electrons. The molecule has 0 spiro atoms. The van der Waals surface area contributed by atoms with Crippen molar-refractivity contribution in [3.8, 4) is 0 Å². The van der Waals surface area contributed by atoms with E-state index in [1.807, 2.05) is 0 Å². The number of anilines is 2. The number of para-hydroxylation sites is 1. The second kappa shape index (κ2) is 7.03. The van der Waals surface area contributed by atoms with E-state index in [1.165, 1.54) is 23.1 Å². The van der Waals surface area contributed by atoms with Gasteiger partial charge in [-0.05, 0) is 24.3 Å². The highest BCUT2D eigenvalue weighted by Gasteiger charge is 2.32. The molecule has 1 heterocycles. The van der Waals surface area contributed by atoms with E-state index >= 15 is 0 Å². The van der Waals surface area contributed by atoms with Crippen LogP contribution < -0.4 is 10.2 Å². The molecule has 3 rings (SSSR count). The van der Waals surface area contributed by atoms with Crippen molar-refractivity contribution in [2.24, 2.45) is 0 Å². The third kappa shape index (κ3) is 3.32. The molecule has 3 amide bonds. The van der Waals surface area contributed by atoms with Gasteiger partial charge in [-0.25, -0.2) is 22.4 Å². The molecule has 2 aromatic rings. The summed E-state index contributed by atoms with van der Waals surface area (Å²) in [5.74, 6) is -5.98. The van der Waals surface area contributed by atoms with Crippen LogP contribution in [0.2, 0.25) is 0 Å². The molecule has 0 saturated carbocycles. The number of carbonyl (C=O) groups excluding carboxylic acids is 2. The molecule has 0 bridgehead atoms.